The summed E-state index contributed by atoms with van der Waals surface area (Å²) in [7, 11) is 2.20. The number of benzene rings is 1. The van der Waals surface area contributed by atoms with E-state index in [-0.39, 0.29) is 11.9 Å². The Labute approximate surface area is 253 Å². The third kappa shape index (κ3) is 13.6. The summed E-state index contributed by atoms with van der Waals surface area (Å²) in [5.74, 6) is -3.85. The molecule has 1 aromatic heterocycles. The number of aromatic nitrogens is 2. The second-order valence-corrected chi connectivity index (χ2v) is 10.7. The van der Waals surface area contributed by atoms with Crippen LogP contribution >= 0.6 is 11.6 Å². The summed E-state index contributed by atoms with van der Waals surface area (Å²) in [6.45, 7) is 13.6. The highest BCUT2D eigenvalue weighted by atomic mass is 35.5. The summed E-state index contributed by atoms with van der Waals surface area (Å²) >= 11 is 6.10. The lowest BCUT2D eigenvalue weighted by atomic mass is 10.1. The molecule has 1 fully saturated rings. The van der Waals surface area contributed by atoms with Gasteiger partial charge < -0.3 is 4.90 Å². The number of nitrogens with one attached hydrogen (secondary N) is 1. The Bertz CT molecular complexity index is 1130. The van der Waals surface area contributed by atoms with Gasteiger partial charge in [0.05, 0.1) is 12.2 Å². The van der Waals surface area contributed by atoms with E-state index >= 15 is 0 Å². The average Bonchev–Trinajstić information content (AvgIpc) is 2.95. The molecule has 2 heterocycles. The lowest BCUT2D eigenvalue weighted by molar-refractivity contribution is -0.138. The molecule has 1 N–H and O–H groups in total. The maximum atomic E-state index is 11.5. The van der Waals surface area contributed by atoms with Crippen LogP contribution in [0.3, 0.4) is 0 Å². The lowest BCUT2D eigenvalue weighted by Gasteiger charge is -2.32. The number of Topliss-reactive ketones (excluding diaryl/α,β-unsaturated/α-hetero) is 1. The number of alkyl halides is 2. The SMILES string of the molecule is CC(=O)C(C)(F)F.CCCC(CCC)N(NC=O)c1nc(C#N)ncc1Cl.Cc1ccc(CN2CCN(C)CC2)cc1. The monoisotopic (exact) mass is 607 g/mol. The van der Waals surface area contributed by atoms with Gasteiger partial charge in [0, 0.05) is 46.6 Å². The van der Waals surface area contributed by atoms with Crippen molar-refractivity contribution >= 4 is 29.6 Å². The van der Waals surface area contributed by atoms with Gasteiger partial charge in [-0.2, -0.15) is 19.0 Å². The molecule has 1 aromatic carbocycles. The van der Waals surface area contributed by atoms with Crippen molar-refractivity contribution < 1.29 is 18.4 Å². The fraction of sp³-hybridized carbons (Fsp3) is 0.567. The van der Waals surface area contributed by atoms with Crippen LogP contribution in [0.1, 0.15) is 70.3 Å². The molecule has 9 nitrogen and oxygen atoms in total. The van der Waals surface area contributed by atoms with Crippen LogP contribution in [0.4, 0.5) is 14.6 Å². The van der Waals surface area contributed by atoms with E-state index < -0.39 is 11.7 Å². The zero-order chi connectivity index (χ0) is 31.7. The molecule has 1 aliphatic rings. The summed E-state index contributed by atoms with van der Waals surface area (Å²) in [4.78, 5) is 33.4. The van der Waals surface area contributed by atoms with Crippen molar-refractivity contribution in [2.24, 2.45) is 0 Å². The van der Waals surface area contributed by atoms with E-state index in [9.17, 15) is 18.4 Å². The maximum absolute atomic E-state index is 11.5. The molecule has 1 saturated heterocycles. The van der Waals surface area contributed by atoms with Crippen molar-refractivity contribution in [3.05, 3.63) is 52.4 Å². The van der Waals surface area contributed by atoms with Gasteiger partial charge in [-0.25, -0.2) is 4.98 Å². The van der Waals surface area contributed by atoms with Crippen LogP contribution in [0.2, 0.25) is 5.02 Å². The number of hydrazine groups is 1. The highest BCUT2D eigenvalue weighted by molar-refractivity contribution is 6.32. The van der Waals surface area contributed by atoms with E-state index in [4.69, 9.17) is 16.9 Å². The molecule has 3 rings (SSSR count). The zero-order valence-corrected chi connectivity index (χ0v) is 26.3. The number of carbonyl (C=O) groups excluding carboxylic acids is 2. The number of aryl methyl sites for hydroxylation is 1. The summed E-state index contributed by atoms with van der Waals surface area (Å²) in [5.41, 5.74) is 5.41. The molecular formula is C30H44ClF2N7O2. The molecule has 1 amide bonds. The van der Waals surface area contributed by atoms with Crippen molar-refractivity contribution in [2.75, 3.05) is 38.2 Å². The van der Waals surface area contributed by atoms with Gasteiger partial charge in [0.25, 0.3) is 0 Å². The third-order valence-corrected chi connectivity index (χ3v) is 6.86. The van der Waals surface area contributed by atoms with Crippen molar-refractivity contribution in [1.29, 1.82) is 5.26 Å². The fourth-order valence-corrected chi connectivity index (χ4v) is 4.19. The van der Waals surface area contributed by atoms with Crippen LogP contribution in [-0.4, -0.2) is 77.2 Å². The summed E-state index contributed by atoms with van der Waals surface area (Å²) in [6.07, 6.45) is 5.67. The fourth-order valence-electron chi connectivity index (χ4n) is 4.00. The molecule has 0 atom stereocenters. The zero-order valence-electron chi connectivity index (χ0n) is 25.5. The minimum Gasteiger partial charge on any atom is -0.304 e. The first-order valence-electron chi connectivity index (χ1n) is 14.1. The second kappa shape index (κ2) is 19.1. The van der Waals surface area contributed by atoms with E-state index in [1.807, 2.05) is 6.07 Å². The number of likely N-dealkylation sites (N-methyl/N-ethyl adjacent to an activating group) is 1. The van der Waals surface area contributed by atoms with Crippen LogP contribution in [0.15, 0.2) is 30.5 Å². The average molecular weight is 608 g/mol. The van der Waals surface area contributed by atoms with Gasteiger partial charge >= 0.3 is 5.92 Å². The molecule has 0 aliphatic carbocycles. The summed E-state index contributed by atoms with van der Waals surface area (Å²) in [5, 5.41) is 10.8. The van der Waals surface area contributed by atoms with Gasteiger partial charge in [-0.3, -0.25) is 24.9 Å². The van der Waals surface area contributed by atoms with Gasteiger partial charge in [-0.15, -0.1) is 0 Å². The van der Waals surface area contributed by atoms with Crippen LogP contribution in [0.25, 0.3) is 0 Å². The van der Waals surface area contributed by atoms with Crippen molar-refractivity contribution in [3.63, 3.8) is 0 Å². The molecule has 0 bridgehead atoms. The van der Waals surface area contributed by atoms with Gasteiger partial charge in [0.2, 0.25) is 12.2 Å². The molecule has 12 heteroatoms. The third-order valence-electron chi connectivity index (χ3n) is 6.60. The molecular weight excluding hydrogens is 564 g/mol. The van der Waals surface area contributed by atoms with E-state index in [2.05, 4.69) is 77.3 Å². The molecule has 0 spiro atoms. The largest absolute Gasteiger partial charge is 0.304 e. The topological polar surface area (TPSA) is 105 Å². The van der Waals surface area contributed by atoms with Crippen molar-refractivity contribution in [1.82, 2.24) is 25.2 Å². The first-order chi connectivity index (χ1) is 19.9. The van der Waals surface area contributed by atoms with E-state index in [0.29, 0.717) is 24.2 Å². The first kappa shape index (κ1) is 36.8. The number of hydrogen-bond acceptors (Lipinski definition) is 8. The molecule has 1 aliphatic heterocycles. The van der Waals surface area contributed by atoms with Crippen molar-refractivity contribution in [3.8, 4) is 6.07 Å². The molecule has 0 radical (unpaired) electrons. The van der Waals surface area contributed by atoms with Crippen LogP contribution in [-0.2, 0) is 16.1 Å². The molecule has 0 saturated carbocycles. The molecule has 42 heavy (non-hydrogen) atoms. The maximum Gasteiger partial charge on any atom is 0.302 e. The Morgan fingerprint density at radius 2 is 1.74 bits per heavy atom. The van der Waals surface area contributed by atoms with E-state index in [1.54, 1.807) is 5.01 Å². The number of rotatable bonds is 11. The predicted octanol–water partition coefficient (Wildman–Crippen LogP) is 5.41. The number of amides is 1. The minimum atomic E-state index is -3.14. The lowest BCUT2D eigenvalue weighted by Crippen LogP contribution is -2.46. The normalized spacial score (nSPS) is 13.6. The van der Waals surface area contributed by atoms with Crippen LogP contribution in [0.5, 0.6) is 0 Å². The number of ketones is 1. The number of halogens is 3. The summed E-state index contributed by atoms with van der Waals surface area (Å²) in [6, 6.07) is 10.8. The standard InChI is InChI=1S/C13H18ClN5O.C13H20N2.C4H6F2O/c1-3-5-10(6-4-2)19(17-9-20)13-11(14)8-16-12(7-15)18-13;1-12-3-5-13(6-4-12)11-15-9-7-14(2)8-10-15;1-3(7)4(2,5)6/h8-10H,3-6H2,1-2H3,(H,17,20);3-6H,7-11H2,1-2H3;1-2H3. The first-order valence-corrected chi connectivity index (χ1v) is 14.5. The Morgan fingerprint density at radius 3 is 2.19 bits per heavy atom. The number of anilines is 1. The van der Waals surface area contributed by atoms with Gasteiger partial charge in [0.15, 0.2) is 11.6 Å². The molecule has 2 aromatic rings. The predicted molar refractivity (Wildman–Crippen MR) is 162 cm³/mol. The number of carbonyl (C=O) groups is 2. The summed E-state index contributed by atoms with van der Waals surface area (Å²) < 4.78 is 23.0. The van der Waals surface area contributed by atoms with Crippen molar-refractivity contribution in [2.45, 2.75) is 78.8 Å². The van der Waals surface area contributed by atoms with Gasteiger partial charge in [0.1, 0.15) is 11.1 Å². The Hall–Kier alpha value is -3.20. The second-order valence-electron chi connectivity index (χ2n) is 10.3. The molecule has 0 unspecified atom stereocenters. The van der Waals surface area contributed by atoms with Crippen LogP contribution < -0.4 is 10.4 Å². The Balaban J connectivity index is 0.000000351. The smallest absolute Gasteiger partial charge is 0.302 e. The Kier molecular flexibility index (Phi) is 16.7. The number of piperazine rings is 1. The van der Waals surface area contributed by atoms with Crippen LogP contribution in [0, 0.1) is 18.3 Å². The highest BCUT2D eigenvalue weighted by Gasteiger charge is 2.27. The quantitative estimate of drug-likeness (QED) is 0.267. The Morgan fingerprint density at radius 1 is 1.19 bits per heavy atom. The van der Waals surface area contributed by atoms with Gasteiger partial charge in [-0.1, -0.05) is 68.1 Å². The number of hydrogen-bond donors (Lipinski definition) is 1. The van der Waals surface area contributed by atoms with E-state index in [1.165, 1.54) is 43.5 Å². The highest BCUT2D eigenvalue weighted by Crippen LogP contribution is 2.25. The number of nitriles is 1. The molecule has 232 valence electrons. The number of nitrogens with zero attached hydrogens (tertiary/aromatic N) is 6. The van der Waals surface area contributed by atoms with E-state index in [0.717, 1.165) is 39.2 Å². The minimum absolute atomic E-state index is 0.0221. The van der Waals surface area contributed by atoms with Gasteiger partial charge in [-0.05, 0) is 32.4 Å².